The molecule has 0 N–H and O–H groups in total. The van der Waals surface area contributed by atoms with Crippen molar-refractivity contribution < 1.29 is 28.6 Å². The van der Waals surface area contributed by atoms with Gasteiger partial charge in [-0.1, -0.05) is 242 Å². The lowest BCUT2D eigenvalue weighted by Gasteiger charge is -2.18. The molecule has 0 aromatic rings. The Morgan fingerprint density at radius 1 is 0.338 bits per heavy atom. The molecule has 1 unspecified atom stereocenters. The van der Waals surface area contributed by atoms with Crippen LogP contribution in [0, 0.1) is 0 Å². The minimum atomic E-state index is -0.788. The van der Waals surface area contributed by atoms with E-state index in [2.05, 4.69) is 81.5 Å². The maximum atomic E-state index is 12.8. The number of esters is 3. The molecule has 65 heavy (non-hydrogen) atoms. The van der Waals surface area contributed by atoms with Gasteiger partial charge in [-0.25, -0.2) is 0 Å². The van der Waals surface area contributed by atoms with Gasteiger partial charge in [-0.3, -0.25) is 14.4 Å². The van der Waals surface area contributed by atoms with Crippen LogP contribution in [0.2, 0.25) is 0 Å². The molecule has 0 fully saturated rings. The van der Waals surface area contributed by atoms with Crippen molar-refractivity contribution in [3.05, 3.63) is 60.8 Å². The maximum absolute atomic E-state index is 12.8. The lowest BCUT2D eigenvalue weighted by atomic mass is 10.0. The number of carbonyl (C=O) groups excluding carboxylic acids is 3. The van der Waals surface area contributed by atoms with Crippen LogP contribution >= 0.6 is 0 Å². The van der Waals surface area contributed by atoms with Gasteiger partial charge >= 0.3 is 17.9 Å². The molecule has 376 valence electrons. The number of unbranched alkanes of at least 4 members (excludes halogenated alkanes) is 30. The number of carbonyl (C=O) groups is 3. The highest BCUT2D eigenvalue weighted by atomic mass is 16.6. The van der Waals surface area contributed by atoms with Crippen molar-refractivity contribution >= 4 is 17.9 Å². The first-order valence-electron chi connectivity index (χ1n) is 27.8. The van der Waals surface area contributed by atoms with Gasteiger partial charge in [0.05, 0.1) is 0 Å². The summed E-state index contributed by atoms with van der Waals surface area (Å²) in [7, 11) is 0. The molecule has 6 heteroatoms. The van der Waals surface area contributed by atoms with E-state index < -0.39 is 6.10 Å². The molecule has 0 bridgehead atoms. The zero-order valence-corrected chi connectivity index (χ0v) is 43.0. The second-order valence-electron chi connectivity index (χ2n) is 18.5. The quantitative estimate of drug-likeness (QED) is 0.0199. The molecule has 0 radical (unpaired) electrons. The van der Waals surface area contributed by atoms with Crippen molar-refractivity contribution in [2.45, 2.75) is 284 Å². The zero-order chi connectivity index (χ0) is 47.2. The zero-order valence-electron chi connectivity index (χ0n) is 43.0. The van der Waals surface area contributed by atoms with Gasteiger partial charge < -0.3 is 14.2 Å². The van der Waals surface area contributed by atoms with Crippen molar-refractivity contribution in [1.82, 2.24) is 0 Å². The molecule has 1 atom stereocenters. The average molecular weight is 909 g/mol. The van der Waals surface area contributed by atoms with E-state index >= 15 is 0 Å². The summed E-state index contributed by atoms with van der Waals surface area (Å²) < 4.78 is 16.8. The van der Waals surface area contributed by atoms with Crippen LogP contribution in [0.5, 0.6) is 0 Å². The van der Waals surface area contributed by atoms with Gasteiger partial charge in [0.25, 0.3) is 0 Å². The van der Waals surface area contributed by atoms with Crippen LogP contribution in [0.1, 0.15) is 278 Å². The number of rotatable bonds is 50. The van der Waals surface area contributed by atoms with Crippen LogP contribution in [-0.4, -0.2) is 37.2 Å². The standard InChI is InChI=1S/C59H104O6/c1-4-7-10-13-16-19-22-25-27-29-30-31-33-34-37-40-43-46-49-52-58(61)64-55-56(54-63-57(60)51-48-45-42-39-36-24-21-18-15-12-9-6-3)65-59(62)53-50-47-44-41-38-35-32-28-26-23-20-17-14-11-8-5-2/h9,12,16,18-19,21-22,25,36,39,56H,4-8,10-11,13-15,17,20,23-24,26-35,37-38,40-55H2,1-3H3/b12-9-,19-16-,21-18-,25-22-,39-36-. The maximum Gasteiger partial charge on any atom is 0.306 e. The van der Waals surface area contributed by atoms with Crippen LogP contribution in [-0.2, 0) is 28.6 Å². The number of hydrogen-bond donors (Lipinski definition) is 0. The molecule has 0 aliphatic rings. The van der Waals surface area contributed by atoms with Crippen molar-refractivity contribution in [2.24, 2.45) is 0 Å². The Kier molecular flexibility index (Phi) is 51.3. The second kappa shape index (κ2) is 53.7. The van der Waals surface area contributed by atoms with Gasteiger partial charge in [-0.2, -0.15) is 0 Å². The summed E-state index contributed by atoms with van der Waals surface area (Å²) in [5.74, 6) is -0.920. The molecule has 0 saturated heterocycles. The lowest BCUT2D eigenvalue weighted by molar-refractivity contribution is -0.167. The van der Waals surface area contributed by atoms with Crippen LogP contribution < -0.4 is 0 Å². The van der Waals surface area contributed by atoms with E-state index in [-0.39, 0.29) is 31.1 Å². The summed E-state index contributed by atoms with van der Waals surface area (Å²) in [5.41, 5.74) is 0. The molecule has 0 aromatic heterocycles. The molecule has 6 nitrogen and oxygen atoms in total. The minimum Gasteiger partial charge on any atom is -0.462 e. The Bertz CT molecular complexity index is 1180. The van der Waals surface area contributed by atoms with Crippen molar-refractivity contribution in [3.63, 3.8) is 0 Å². The van der Waals surface area contributed by atoms with E-state index in [0.29, 0.717) is 19.3 Å². The molecular weight excluding hydrogens is 805 g/mol. The molecule has 0 spiro atoms. The molecule has 0 aliphatic heterocycles. The number of allylic oxidation sites excluding steroid dienone is 10. The lowest BCUT2D eigenvalue weighted by Crippen LogP contribution is -2.30. The molecule has 0 rings (SSSR count). The van der Waals surface area contributed by atoms with E-state index in [9.17, 15) is 14.4 Å². The van der Waals surface area contributed by atoms with E-state index in [1.54, 1.807) is 0 Å². The predicted molar refractivity (Wildman–Crippen MR) is 279 cm³/mol. The Hall–Kier alpha value is -2.89. The Morgan fingerprint density at radius 2 is 0.646 bits per heavy atom. The number of ether oxygens (including phenoxy) is 3. The van der Waals surface area contributed by atoms with Crippen molar-refractivity contribution in [3.8, 4) is 0 Å². The van der Waals surface area contributed by atoms with Gasteiger partial charge in [-0.15, -0.1) is 0 Å². The first-order valence-corrected chi connectivity index (χ1v) is 27.8. The van der Waals surface area contributed by atoms with Crippen LogP contribution in [0.4, 0.5) is 0 Å². The fraction of sp³-hybridized carbons (Fsp3) is 0.780. The molecule has 0 amide bonds. The molecule has 0 aliphatic carbocycles. The molecule has 0 heterocycles. The third kappa shape index (κ3) is 51.9. The van der Waals surface area contributed by atoms with Gasteiger partial charge in [0.15, 0.2) is 6.10 Å². The smallest absolute Gasteiger partial charge is 0.306 e. The molecule has 0 aromatic carbocycles. The third-order valence-corrected chi connectivity index (χ3v) is 12.0. The topological polar surface area (TPSA) is 78.9 Å². The highest BCUT2D eigenvalue weighted by molar-refractivity contribution is 5.71. The first-order chi connectivity index (χ1) is 32.0. The highest BCUT2D eigenvalue weighted by Gasteiger charge is 2.19. The normalized spacial score (nSPS) is 12.5. The average Bonchev–Trinajstić information content (AvgIpc) is 3.30. The summed E-state index contributed by atoms with van der Waals surface area (Å²) >= 11 is 0. The predicted octanol–water partition coefficient (Wildman–Crippen LogP) is 18.4. The highest BCUT2D eigenvalue weighted by Crippen LogP contribution is 2.16. The van der Waals surface area contributed by atoms with Crippen molar-refractivity contribution in [1.29, 1.82) is 0 Å². The Balaban J connectivity index is 4.36. The Morgan fingerprint density at radius 3 is 1.09 bits per heavy atom. The van der Waals surface area contributed by atoms with Crippen LogP contribution in [0.25, 0.3) is 0 Å². The minimum absolute atomic E-state index is 0.0859. The SMILES string of the molecule is CC/C=C\C/C=C\C/C=C\CCCCC(=O)OCC(COC(=O)CCCCCCCCCCCC/C=C\C=C/CCCCC)OC(=O)CCCCCCCCCCCCCCCCCC. The first kappa shape index (κ1) is 62.1. The third-order valence-electron chi connectivity index (χ3n) is 12.0. The molecule has 0 saturated carbocycles. The summed E-state index contributed by atoms with van der Waals surface area (Å²) in [6.45, 7) is 6.48. The van der Waals surface area contributed by atoms with E-state index in [4.69, 9.17) is 14.2 Å². The van der Waals surface area contributed by atoms with Gasteiger partial charge in [0, 0.05) is 19.3 Å². The van der Waals surface area contributed by atoms with Gasteiger partial charge in [0.2, 0.25) is 0 Å². The van der Waals surface area contributed by atoms with E-state index in [0.717, 1.165) is 77.0 Å². The van der Waals surface area contributed by atoms with E-state index in [1.807, 2.05) is 0 Å². The fourth-order valence-electron chi connectivity index (χ4n) is 7.86. The van der Waals surface area contributed by atoms with Crippen molar-refractivity contribution in [2.75, 3.05) is 13.2 Å². The Labute approximate surface area is 402 Å². The van der Waals surface area contributed by atoms with Crippen LogP contribution in [0.15, 0.2) is 60.8 Å². The largest absolute Gasteiger partial charge is 0.462 e. The van der Waals surface area contributed by atoms with E-state index in [1.165, 1.54) is 161 Å². The monoisotopic (exact) mass is 909 g/mol. The second-order valence-corrected chi connectivity index (χ2v) is 18.5. The van der Waals surface area contributed by atoms with Gasteiger partial charge in [-0.05, 0) is 77.0 Å². The summed E-state index contributed by atoms with van der Waals surface area (Å²) in [6, 6.07) is 0. The fourth-order valence-corrected chi connectivity index (χ4v) is 7.86. The van der Waals surface area contributed by atoms with Crippen LogP contribution in [0.3, 0.4) is 0 Å². The molecular formula is C59H104O6. The summed E-state index contributed by atoms with van der Waals surface area (Å²) in [5, 5.41) is 0. The number of hydrogen-bond acceptors (Lipinski definition) is 6. The summed E-state index contributed by atoms with van der Waals surface area (Å²) in [4.78, 5) is 38.0. The summed E-state index contributed by atoms with van der Waals surface area (Å²) in [6.07, 6.45) is 66.4. The van der Waals surface area contributed by atoms with Gasteiger partial charge in [0.1, 0.15) is 13.2 Å².